The van der Waals surface area contributed by atoms with Crippen LogP contribution in [0, 0.1) is 0 Å². The molecule has 15 heavy (non-hydrogen) atoms. The zero-order valence-corrected chi connectivity index (χ0v) is 9.87. The highest BCUT2D eigenvalue weighted by molar-refractivity contribution is 5.80. The second-order valence-corrected chi connectivity index (χ2v) is 3.30. The van der Waals surface area contributed by atoms with Gasteiger partial charge in [0.1, 0.15) is 6.04 Å². The largest absolute Gasteiger partial charge is 0.465 e. The average Bonchev–Trinajstić information content (AvgIpc) is 2.17. The van der Waals surface area contributed by atoms with Gasteiger partial charge in [0.05, 0.1) is 13.2 Å². The Morgan fingerprint density at radius 2 is 2.00 bits per heavy atom. The van der Waals surface area contributed by atoms with Gasteiger partial charge in [-0.25, -0.2) is 0 Å². The minimum Gasteiger partial charge on any atom is -0.465 e. The second kappa shape index (κ2) is 7.23. The van der Waals surface area contributed by atoms with Gasteiger partial charge in [0.25, 0.3) is 0 Å². The first kappa shape index (κ1) is 13.9. The van der Waals surface area contributed by atoms with Gasteiger partial charge in [-0.15, -0.1) is 0 Å². The van der Waals surface area contributed by atoms with E-state index in [2.05, 4.69) is 5.32 Å². The van der Waals surface area contributed by atoms with Crippen molar-refractivity contribution in [1.82, 2.24) is 10.2 Å². The Kier molecular flexibility index (Phi) is 6.70. The Morgan fingerprint density at radius 3 is 2.47 bits per heavy atom. The van der Waals surface area contributed by atoms with Crippen molar-refractivity contribution in [2.24, 2.45) is 0 Å². The summed E-state index contributed by atoms with van der Waals surface area (Å²) in [4.78, 5) is 24.2. The molecule has 0 heterocycles. The van der Waals surface area contributed by atoms with E-state index in [1.54, 1.807) is 25.8 Å². The average molecular weight is 216 g/mol. The molecule has 1 N–H and O–H groups in total. The highest BCUT2D eigenvalue weighted by Gasteiger charge is 2.20. The summed E-state index contributed by atoms with van der Waals surface area (Å²) in [6, 6.07) is -0.396. The van der Waals surface area contributed by atoms with Gasteiger partial charge >= 0.3 is 5.97 Å². The summed E-state index contributed by atoms with van der Waals surface area (Å²) in [5.74, 6) is -0.388. The lowest BCUT2D eigenvalue weighted by Gasteiger charge is -2.22. The zero-order chi connectivity index (χ0) is 11.8. The minimum absolute atomic E-state index is 0.0869. The molecule has 1 atom stereocenters. The molecule has 0 bridgehead atoms. The molecule has 0 radical (unpaired) electrons. The standard InChI is InChI=1S/C10H20N2O3/c1-5-11-9(13)7-12(4)8(3)10(14)15-6-2/h8H,5-7H2,1-4H3,(H,11,13). The van der Waals surface area contributed by atoms with Crippen LogP contribution in [0.25, 0.3) is 0 Å². The van der Waals surface area contributed by atoms with Crippen molar-refractivity contribution in [3.63, 3.8) is 0 Å². The first-order valence-corrected chi connectivity index (χ1v) is 5.16. The molecule has 1 amide bonds. The number of esters is 1. The van der Waals surface area contributed by atoms with Crippen molar-refractivity contribution >= 4 is 11.9 Å². The fraction of sp³-hybridized carbons (Fsp3) is 0.800. The third-order valence-corrected chi connectivity index (χ3v) is 2.06. The quantitative estimate of drug-likeness (QED) is 0.635. The molecule has 0 spiro atoms. The van der Waals surface area contributed by atoms with E-state index in [9.17, 15) is 9.59 Å². The van der Waals surface area contributed by atoms with E-state index >= 15 is 0 Å². The van der Waals surface area contributed by atoms with Crippen LogP contribution < -0.4 is 5.32 Å². The Hall–Kier alpha value is -1.10. The molecule has 88 valence electrons. The lowest BCUT2D eigenvalue weighted by molar-refractivity contribution is -0.148. The van der Waals surface area contributed by atoms with Crippen LogP contribution in [0.4, 0.5) is 0 Å². The topological polar surface area (TPSA) is 58.6 Å². The lowest BCUT2D eigenvalue weighted by atomic mass is 10.3. The summed E-state index contributed by atoms with van der Waals surface area (Å²) in [5, 5.41) is 2.67. The number of carbonyl (C=O) groups excluding carboxylic acids is 2. The molecule has 5 nitrogen and oxygen atoms in total. The Balaban J connectivity index is 4.02. The molecular formula is C10H20N2O3. The Labute approximate surface area is 90.8 Å². The lowest BCUT2D eigenvalue weighted by Crippen LogP contribution is -2.43. The Bertz CT molecular complexity index is 219. The molecular weight excluding hydrogens is 196 g/mol. The smallest absolute Gasteiger partial charge is 0.323 e. The summed E-state index contributed by atoms with van der Waals surface area (Å²) >= 11 is 0. The number of hydrogen-bond donors (Lipinski definition) is 1. The van der Waals surface area contributed by atoms with E-state index in [0.29, 0.717) is 13.2 Å². The number of rotatable bonds is 6. The number of nitrogens with zero attached hydrogens (tertiary/aromatic N) is 1. The molecule has 0 aromatic carbocycles. The third kappa shape index (κ3) is 5.37. The molecule has 0 saturated heterocycles. The molecule has 0 aliphatic carbocycles. The minimum atomic E-state index is -0.396. The SMILES string of the molecule is CCNC(=O)CN(C)C(C)C(=O)OCC. The van der Waals surface area contributed by atoms with Gasteiger partial charge in [0.2, 0.25) is 5.91 Å². The maximum atomic E-state index is 11.3. The van der Waals surface area contributed by atoms with E-state index < -0.39 is 6.04 Å². The zero-order valence-electron chi connectivity index (χ0n) is 9.87. The molecule has 0 aliphatic heterocycles. The van der Waals surface area contributed by atoms with Crippen LogP contribution in [0.2, 0.25) is 0 Å². The highest BCUT2D eigenvalue weighted by atomic mass is 16.5. The van der Waals surface area contributed by atoms with Crippen LogP contribution in [0.1, 0.15) is 20.8 Å². The van der Waals surface area contributed by atoms with Gasteiger partial charge in [-0.05, 0) is 27.8 Å². The van der Waals surface area contributed by atoms with E-state index in [4.69, 9.17) is 4.74 Å². The van der Waals surface area contributed by atoms with E-state index in [0.717, 1.165) is 0 Å². The van der Waals surface area contributed by atoms with Crippen molar-refractivity contribution in [2.45, 2.75) is 26.8 Å². The number of nitrogens with one attached hydrogen (secondary N) is 1. The number of amides is 1. The summed E-state index contributed by atoms with van der Waals surface area (Å²) in [6.45, 7) is 6.49. The van der Waals surface area contributed by atoms with E-state index in [1.807, 2.05) is 6.92 Å². The normalized spacial score (nSPS) is 12.3. The van der Waals surface area contributed by atoms with Crippen LogP contribution in [0.15, 0.2) is 0 Å². The van der Waals surface area contributed by atoms with E-state index in [1.165, 1.54) is 0 Å². The maximum absolute atomic E-state index is 11.3. The van der Waals surface area contributed by atoms with Crippen molar-refractivity contribution < 1.29 is 14.3 Å². The van der Waals surface area contributed by atoms with Gasteiger partial charge < -0.3 is 10.1 Å². The molecule has 0 fully saturated rings. The molecule has 0 aromatic rings. The summed E-state index contributed by atoms with van der Waals surface area (Å²) in [7, 11) is 1.72. The fourth-order valence-corrected chi connectivity index (χ4v) is 1.06. The summed E-state index contributed by atoms with van der Waals surface area (Å²) in [5.41, 5.74) is 0. The molecule has 0 aromatic heterocycles. The van der Waals surface area contributed by atoms with Crippen molar-refractivity contribution in [3.05, 3.63) is 0 Å². The van der Waals surface area contributed by atoms with Crippen LogP contribution in [-0.4, -0.2) is 49.6 Å². The maximum Gasteiger partial charge on any atom is 0.323 e. The van der Waals surface area contributed by atoms with Gasteiger partial charge in [0.15, 0.2) is 0 Å². The van der Waals surface area contributed by atoms with E-state index in [-0.39, 0.29) is 18.4 Å². The fourth-order valence-electron chi connectivity index (χ4n) is 1.06. The highest BCUT2D eigenvalue weighted by Crippen LogP contribution is 1.97. The number of ether oxygens (including phenoxy) is 1. The number of likely N-dealkylation sites (N-methyl/N-ethyl adjacent to an activating group) is 2. The van der Waals surface area contributed by atoms with Crippen molar-refractivity contribution in [2.75, 3.05) is 26.7 Å². The molecule has 1 unspecified atom stereocenters. The summed E-state index contributed by atoms with van der Waals surface area (Å²) < 4.78 is 4.85. The molecule has 0 rings (SSSR count). The van der Waals surface area contributed by atoms with Crippen LogP contribution in [0.3, 0.4) is 0 Å². The second-order valence-electron chi connectivity index (χ2n) is 3.30. The predicted octanol–water partition coefficient (Wildman–Crippen LogP) is 0.00590. The van der Waals surface area contributed by atoms with Gasteiger partial charge in [-0.1, -0.05) is 0 Å². The van der Waals surface area contributed by atoms with Gasteiger partial charge in [0, 0.05) is 6.54 Å². The van der Waals surface area contributed by atoms with Crippen LogP contribution in [-0.2, 0) is 14.3 Å². The number of carbonyl (C=O) groups is 2. The summed E-state index contributed by atoms with van der Waals surface area (Å²) in [6.07, 6.45) is 0. The van der Waals surface area contributed by atoms with Gasteiger partial charge in [-0.2, -0.15) is 0 Å². The van der Waals surface area contributed by atoms with Crippen LogP contribution in [0.5, 0.6) is 0 Å². The predicted molar refractivity (Wildman–Crippen MR) is 57.4 cm³/mol. The molecule has 0 saturated carbocycles. The van der Waals surface area contributed by atoms with Crippen molar-refractivity contribution in [1.29, 1.82) is 0 Å². The monoisotopic (exact) mass is 216 g/mol. The third-order valence-electron chi connectivity index (χ3n) is 2.06. The molecule has 5 heteroatoms. The molecule has 0 aliphatic rings. The first-order chi connectivity index (χ1) is 7.02. The number of hydrogen-bond acceptors (Lipinski definition) is 4. The van der Waals surface area contributed by atoms with Gasteiger partial charge in [-0.3, -0.25) is 14.5 Å². The van der Waals surface area contributed by atoms with Crippen LogP contribution >= 0.6 is 0 Å². The first-order valence-electron chi connectivity index (χ1n) is 5.16. The Morgan fingerprint density at radius 1 is 1.40 bits per heavy atom. The van der Waals surface area contributed by atoms with Crippen molar-refractivity contribution in [3.8, 4) is 0 Å².